The number of rotatable bonds is 6. The van der Waals surface area contributed by atoms with Gasteiger partial charge in [0.15, 0.2) is 0 Å². The monoisotopic (exact) mass is 196 g/mol. The molecule has 0 saturated carbocycles. The summed E-state index contributed by atoms with van der Waals surface area (Å²) in [5, 5.41) is 6.29. The molecule has 0 amide bonds. The smallest absolute Gasteiger partial charge is 0.252 e. The molecule has 0 aromatic carbocycles. The highest BCUT2D eigenvalue weighted by Gasteiger charge is 1.92. The van der Waals surface area contributed by atoms with Gasteiger partial charge in [-0.15, -0.1) is 0 Å². The van der Waals surface area contributed by atoms with E-state index in [2.05, 4.69) is 27.5 Å². The lowest BCUT2D eigenvalue weighted by Crippen LogP contribution is -2.23. The maximum absolute atomic E-state index is 10.9. The van der Waals surface area contributed by atoms with Crippen LogP contribution in [-0.2, 0) is 0 Å². The van der Waals surface area contributed by atoms with Crippen LogP contribution >= 0.6 is 0 Å². The summed E-state index contributed by atoms with van der Waals surface area (Å²) in [6.07, 6.45) is 2.52. The van der Waals surface area contributed by atoms with Crippen LogP contribution in [-0.4, -0.2) is 29.6 Å². The number of hydrogen-bond acceptors (Lipinski definition) is 4. The van der Waals surface area contributed by atoms with Crippen molar-refractivity contribution in [2.24, 2.45) is 0 Å². The van der Waals surface area contributed by atoms with Crippen LogP contribution in [0.2, 0.25) is 0 Å². The SMILES string of the molecule is CCCNCCNc1cc(=O)[nH]cn1. The van der Waals surface area contributed by atoms with Gasteiger partial charge in [0, 0.05) is 19.2 Å². The van der Waals surface area contributed by atoms with Crippen molar-refractivity contribution in [2.75, 3.05) is 25.0 Å². The number of H-pyrrole nitrogens is 1. The first kappa shape index (κ1) is 10.7. The molecule has 0 saturated heterocycles. The Morgan fingerprint density at radius 2 is 2.29 bits per heavy atom. The Hall–Kier alpha value is -1.36. The fourth-order valence-corrected chi connectivity index (χ4v) is 1.05. The van der Waals surface area contributed by atoms with Crippen molar-refractivity contribution < 1.29 is 0 Å². The van der Waals surface area contributed by atoms with Crippen molar-refractivity contribution in [3.8, 4) is 0 Å². The van der Waals surface area contributed by atoms with E-state index in [1.165, 1.54) is 12.4 Å². The topological polar surface area (TPSA) is 69.8 Å². The van der Waals surface area contributed by atoms with Crippen LogP contribution in [0.4, 0.5) is 5.82 Å². The molecule has 0 aliphatic rings. The lowest BCUT2D eigenvalue weighted by molar-refractivity contribution is 0.687. The van der Waals surface area contributed by atoms with Crippen LogP contribution in [0.5, 0.6) is 0 Å². The summed E-state index contributed by atoms with van der Waals surface area (Å²) in [4.78, 5) is 17.3. The first-order chi connectivity index (χ1) is 6.83. The fourth-order valence-electron chi connectivity index (χ4n) is 1.05. The van der Waals surface area contributed by atoms with Crippen molar-refractivity contribution in [1.29, 1.82) is 0 Å². The van der Waals surface area contributed by atoms with Gasteiger partial charge in [-0.25, -0.2) is 4.98 Å². The van der Waals surface area contributed by atoms with Crippen LogP contribution in [0, 0.1) is 0 Å². The predicted octanol–water partition coefficient (Wildman–Crippen LogP) is 0.181. The van der Waals surface area contributed by atoms with Crippen LogP contribution in [0.1, 0.15) is 13.3 Å². The van der Waals surface area contributed by atoms with Crippen LogP contribution < -0.4 is 16.2 Å². The summed E-state index contributed by atoms with van der Waals surface area (Å²) in [5.74, 6) is 0.618. The van der Waals surface area contributed by atoms with Gasteiger partial charge in [0.1, 0.15) is 5.82 Å². The van der Waals surface area contributed by atoms with E-state index in [4.69, 9.17) is 0 Å². The van der Waals surface area contributed by atoms with E-state index < -0.39 is 0 Å². The summed E-state index contributed by atoms with van der Waals surface area (Å²) in [5.41, 5.74) is -0.135. The predicted molar refractivity (Wildman–Crippen MR) is 56.5 cm³/mol. The van der Waals surface area contributed by atoms with Gasteiger partial charge < -0.3 is 15.6 Å². The summed E-state index contributed by atoms with van der Waals surface area (Å²) in [7, 11) is 0. The van der Waals surface area contributed by atoms with Crippen molar-refractivity contribution in [3.63, 3.8) is 0 Å². The summed E-state index contributed by atoms with van der Waals surface area (Å²) in [6.45, 7) is 4.79. The summed E-state index contributed by atoms with van der Waals surface area (Å²) in [6, 6.07) is 1.44. The number of anilines is 1. The number of hydrogen-bond donors (Lipinski definition) is 3. The van der Waals surface area contributed by atoms with Crippen LogP contribution in [0.3, 0.4) is 0 Å². The molecule has 0 bridgehead atoms. The molecule has 0 spiro atoms. The lowest BCUT2D eigenvalue weighted by atomic mass is 10.4. The number of nitrogens with one attached hydrogen (secondary N) is 3. The minimum Gasteiger partial charge on any atom is -0.369 e. The number of aromatic amines is 1. The van der Waals surface area contributed by atoms with Gasteiger partial charge in [0.25, 0.3) is 5.56 Å². The highest BCUT2D eigenvalue weighted by atomic mass is 16.1. The molecule has 0 atom stereocenters. The average molecular weight is 196 g/mol. The van der Waals surface area contributed by atoms with Crippen molar-refractivity contribution >= 4 is 5.82 Å². The lowest BCUT2D eigenvalue weighted by Gasteiger charge is -2.05. The molecule has 1 aromatic rings. The second-order valence-corrected chi connectivity index (χ2v) is 2.97. The second kappa shape index (κ2) is 6.15. The van der Waals surface area contributed by atoms with Crippen LogP contribution in [0.25, 0.3) is 0 Å². The molecular weight excluding hydrogens is 180 g/mol. The largest absolute Gasteiger partial charge is 0.369 e. The summed E-state index contributed by atoms with van der Waals surface area (Å²) >= 11 is 0. The van der Waals surface area contributed by atoms with Crippen LogP contribution in [0.15, 0.2) is 17.2 Å². The van der Waals surface area contributed by atoms with Gasteiger partial charge >= 0.3 is 0 Å². The minimum atomic E-state index is -0.135. The average Bonchev–Trinajstić information content (AvgIpc) is 2.18. The molecule has 1 heterocycles. The Labute approximate surface area is 83.0 Å². The van der Waals surface area contributed by atoms with Gasteiger partial charge in [-0.2, -0.15) is 0 Å². The van der Waals surface area contributed by atoms with E-state index >= 15 is 0 Å². The highest BCUT2D eigenvalue weighted by Crippen LogP contribution is 1.92. The molecule has 0 radical (unpaired) electrons. The second-order valence-electron chi connectivity index (χ2n) is 2.97. The van der Waals surface area contributed by atoms with E-state index in [0.717, 1.165) is 26.1 Å². The molecule has 78 valence electrons. The zero-order valence-corrected chi connectivity index (χ0v) is 8.34. The molecule has 0 aliphatic heterocycles. The number of nitrogens with zero attached hydrogens (tertiary/aromatic N) is 1. The highest BCUT2D eigenvalue weighted by molar-refractivity contribution is 5.31. The van der Waals surface area contributed by atoms with Gasteiger partial charge in [-0.3, -0.25) is 4.79 Å². The first-order valence-corrected chi connectivity index (χ1v) is 4.82. The maximum atomic E-state index is 10.9. The standard InChI is InChI=1S/C9H16N4O/c1-2-3-10-4-5-11-8-6-9(14)13-7-12-8/h6-7,10H,2-5H2,1H3,(H2,11,12,13,14). The molecule has 3 N–H and O–H groups in total. The van der Waals surface area contributed by atoms with Crippen molar-refractivity contribution in [2.45, 2.75) is 13.3 Å². The zero-order valence-electron chi connectivity index (χ0n) is 8.34. The molecule has 5 nitrogen and oxygen atoms in total. The molecule has 1 aromatic heterocycles. The van der Waals surface area contributed by atoms with E-state index in [-0.39, 0.29) is 5.56 Å². The first-order valence-electron chi connectivity index (χ1n) is 4.82. The van der Waals surface area contributed by atoms with Crippen molar-refractivity contribution in [1.82, 2.24) is 15.3 Å². The van der Waals surface area contributed by atoms with Gasteiger partial charge in [0.05, 0.1) is 6.33 Å². The Bertz CT molecular complexity index is 310. The van der Waals surface area contributed by atoms with E-state index in [0.29, 0.717) is 5.82 Å². The van der Waals surface area contributed by atoms with Gasteiger partial charge in [-0.05, 0) is 13.0 Å². The molecular formula is C9H16N4O. The normalized spacial score (nSPS) is 10.1. The molecule has 0 fully saturated rings. The third-order valence-corrected chi connectivity index (χ3v) is 1.71. The fraction of sp³-hybridized carbons (Fsp3) is 0.556. The molecule has 1 rings (SSSR count). The molecule has 14 heavy (non-hydrogen) atoms. The Kier molecular flexibility index (Phi) is 4.71. The van der Waals surface area contributed by atoms with E-state index in [1.54, 1.807) is 0 Å². The molecule has 5 heteroatoms. The van der Waals surface area contributed by atoms with Gasteiger partial charge in [-0.1, -0.05) is 6.92 Å². The third kappa shape index (κ3) is 4.04. The third-order valence-electron chi connectivity index (χ3n) is 1.71. The molecule has 0 aliphatic carbocycles. The summed E-state index contributed by atoms with van der Waals surface area (Å²) < 4.78 is 0. The van der Waals surface area contributed by atoms with E-state index in [9.17, 15) is 4.79 Å². The quantitative estimate of drug-likeness (QED) is 0.568. The Morgan fingerprint density at radius 1 is 1.43 bits per heavy atom. The molecule has 0 unspecified atom stereocenters. The zero-order chi connectivity index (χ0) is 10.2. The Morgan fingerprint density at radius 3 is 3.00 bits per heavy atom. The van der Waals surface area contributed by atoms with Gasteiger partial charge in [0.2, 0.25) is 0 Å². The Balaban J connectivity index is 2.21. The minimum absolute atomic E-state index is 0.135. The number of aromatic nitrogens is 2. The maximum Gasteiger partial charge on any atom is 0.252 e. The van der Waals surface area contributed by atoms with Crippen molar-refractivity contribution in [3.05, 3.63) is 22.7 Å². The van der Waals surface area contributed by atoms with E-state index in [1.807, 2.05) is 0 Å².